The van der Waals surface area contributed by atoms with Gasteiger partial charge >= 0.3 is 0 Å². The summed E-state index contributed by atoms with van der Waals surface area (Å²) in [6.45, 7) is 3.71. The fourth-order valence-corrected chi connectivity index (χ4v) is 1.89. The standard InChI is InChI=1S/C17H16O/c1-2-3-8-14-9-7-12-16(13-14)17(18)15-10-5-4-6-11-15/h2,4-7,9-13H,1,3,8H2. The van der Waals surface area contributed by atoms with Crippen molar-refractivity contribution < 1.29 is 4.79 Å². The van der Waals surface area contributed by atoms with Crippen LogP contribution < -0.4 is 0 Å². The van der Waals surface area contributed by atoms with Gasteiger partial charge in [-0.15, -0.1) is 6.58 Å². The van der Waals surface area contributed by atoms with Gasteiger partial charge in [0.1, 0.15) is 0 Å². The van der Waals surface area contributed by atoms with Gasteiger partial charge in [-0.1, -0.05) is 54.6 Å². The van der Waals surface area contributed by atoms with Gasteiger partial charge < -0.3 is 0 Å². The van der Waals surface area contributed by atoms with E-state index in [0.29, 0.717) is 0 Å². The van der Waals surface area contributed by atoms with Crippen LogP contribution in [0.15, 0.2) is 67.3 Å². The van der Waals surface area contributed by atoms with E-state index in [4.69, 9.17) is 0 Å². The normalized spacial score (nSPS) is 10.0. The number of aryl methyl sites for hydroxylation is 1. The maximum absolute atomic E-state index is 12.3. The lowest BCUT2D eigenvalue weighted by atomic mass is 10.00. The Morgan fingerprint density at radius 2 is 1.72 bits per heavy atom. The molecule has 0 atom stereocenters. The molecule has 1 nitrogen and oxygen atoms in total. The lowest BCUT2D eigenvalue weighted by Gasteiger charge is -2.04. The molecule has 0 spiro atoms. The second kappa shape index (κ2) is 5.97. The third kappa shape index (κ3) is 2.95. The molecule has 0 aliphatic carbocycles. The Balaban J connectivity index is 2.23. The Labute approximate surface area is 108 Å². The molecule has 0 saturated heterocycles. The highest BCUT2D eigenvalue weighted by atomic mass is 16.1. The van der Waals surface area contributed by atoms with Crippen molar-refractivity contribution in [3.8, 4) is 0 Å². The molecular formula is C17H16O. The number of carbonyl (C=O) groups is 1. The predicted molar refractivity (Wildman–Crippen MR) is 74.8 cm³/mol. The largest absolute Gasteiger partial charge is 0.289 e. The Hall–Kier alpha value is -2.15. The first kappa shape index (κ1) is 12.3. The molecule has 0 bridgehead atoms. The maximum atomic E-state index is 12.3. The molecule has 0 amide bonds. The fraction of sp³-hybridized carbons (Fsp3) is 0.118. The first-order valence-electron chi connectivity index (χ1n) is 6.11. The number of allylic oxidation sites excluding steroid dienone is 1. The molecule has 0 radical (unpaired) electrons. The summed E-state index contributed by atoms with van der Waals surface area (Å²) in [5.41, 5.74) is 2.66. The van der Waals surface area contributed by atoms with Crippen LogP contribution in [0.3, 0.4) is 0 Å². The predicted octanol–water partition coefficient (Wildman–Crippen LogP) is 4.04. The molecule has 2 aromatic carbocycles. The SMILES string of the molecule is C=CCCc1cccc(C(=O)c2ccccc2)c1. The van der Waals surface area contributed by atoms with E-state index < -0.39 is 0 Å². The molecule has 90 valence electrons. The Kier molecular flexibility index (Phi) is 4.08. The van der Waals surface area contributed by atoms with Gasteiger partial charge in [-0.25, -0.2) is 0 Å². The van der Waals surface area contributed by atoms with Crippen LogP contribution in [0.5, 0.6) is 0 Å². The zero-order valence-corrected chi connectivity index (χ0v) is 10.3. The van der Waals surface area contributed by atoms with E-state index in [2.05, 4.69) is 6.58 Å². The fourth-order valence-electron chi connectivity index (χ4n) is 1.89. The van der Waals surface area contributed by atoms with E-state index in [1.54, 1.807) is 0 Å². The summed E-state index contributed by atoms with van der Waals surface area (Å²) in [7, 11) is 0. The Morgan fingerprint density at radius 1 is 1.00 bits per heavy atom. The van der Waals surface area contributed by atoms with Crippen LogP contribution in [0.25, 0.3) is 0 Å². The second-order valence-corrected chi connectivity index (χ2v) is 4.22. The molecule has 0 aromatic heterocycles. The molecule has 0 aliphatic heterocycles. The number of ketones is 1. The van der Waals surface area contributed by atoms with Crippen LogP contribution >= 0.6 is 0 Å². The summed E-state index contributed by atoms with van der Waals surface area (Å²) in [5, 5.41) is 0. The van der Waals surface area contributed by atoms with Gasteiger partial charge in [0.2, 0.25) is 0 Å². The summed E-state index contributed by atoms with van der Waals surface area (Å²) in [4.78, 5) is 12.3. The van der Waals surface area contributed by atoms with Crippen molar-refractivity contribution in [3.05, 3.63) is 83.9 Å². The molecular weight excluding hydrogens is 220 g/mol. The molecule has 0 saturated carbocycles. The topological polar surface area (TPSA) is 17.1 Å². The minimum Gasteiger partial charge on any atom is -0.289 e. The summed E-state index contributed by atoms with van der Waals surface area (Å²) < 4.78 is 0. The molecule has 0 aliphatic rings. The molecule has 0 fully saturated rings. The minimum absolute atomic E-state index is 0.0797. The second-order valence-electron chi connectivity index (χ2n) is 4.22. The van der Waals surface area contributed by atoms with E-state index in [0.717, 1.165) is 24.0 Å². The number of carbonyl (C=O) groups excluding carboxylic acids is 1. The minimum atomic E-state index is 0.0797. The van der Waals surface area contributed by atoms with Crippen molar-refractivity contribution in [2.45, 2.75) is 12.8 Å². The highest BCUT2D eigenvalue weighted by molar-refractivity contribution is 6.09. The highest BCUT2D eigenvalue weighted by Gasteiger charge is 2.08. The van der Waals surface area contributed by atoms with E-state index in [1.165, 1.54) is 5.56 Å². The van der Waals surface area contributed by atoms with E-state index >= 15 is 0 Å². The number of hydrogen-bond donors (Lipinski definition) is 0. The average Bonchev–Trinajstić information content (AvgIpc) is 2.45. The Bertz CT molecular complexity index is 541. The van der Waals surface area contributed by atoms with Gasteiger partial charge in [-0.05, 0) is 24.5 Å². The lowest BCUT2D eigenvalue weighted by Crippen LogP contribution is -2.01. The number of rotatable bonds is 5. The lowest BCUT2D eigenvalue weighted by molar-refractivity contribution is 0.103. The van der Waals surface area contributed by atoms with Crippen molar-refractivity contribution in [3.63, 3.8) is 0 Å². The van der Waals surface area contributed by atoms with Gasteiger partial charge in [-0.2, -0.15) is 0 Å². The van der Waals surface area contributed by atoms with E-state index in [-0.39, 0.29) is 5.78 Å². The molecule has 0 N–H and O–H groups in total. The van der Waals surface area contributed by atoms with E-state index in [9.17, 15) is 4.79 Å². The van der Waals surface area contributed by atoms with Crippen molar-refractivity contribution >= 4 is 5.78 Å². The van der Waals surface area contributed by atoms with Crippen LogP contribution in [0.2, 0.25) is 0 Å². The van der Waals surface area contributed by atoms with Crippen LogP contribution in [-0.4, -0.2) is 5.78 Å². The van der Waals surface area contributed by atoms with Gasteiger partial charge in [0.05, 0.1) is 0 Å². The van der Waals surface area contributed by atoms with Gasteiger partial charge in [0.15, 0.2) is 5.78 Å². The monoisotopic (exact) mass is 236 g/mol. The smallest absolute Gasteiger partial charge is 0.193 e. The Morgan fingerprint density at radius 3 is 2.44 bits per heavy atom. The van der Waals surface area contributed by atoms with Crippen molar-refractivity contribution in [2.75, 3.05) is 0 Å². The third-order valence-corrected chi connectivity index (χ3v) is 2.86. The zero-order valence-electron chi connectivity index (χ0n) is 10.3. The maximum Gasteiger partial charge on any atom is 0.193 e. The summed E-state index contributed by atoms with van der Waals surface area (Å²) in [6, 6.07) is 17.2. The van der Waals surface area contributed by atoms with Crippen LogP contribution in [0.1, 0.15) is 27.9 Å². The van der Waals surface area contributed by atoms with E-state index in [1.807, 2.05) is 60.7 Å². The molecule has 0 unspecified atom stereocenters. The summed E-state index contributed by atoms with van der Waals surface area (Å²) in [5.74, 6) is 0.0797. The zero-order chi connectivity index (χ0) is 12.8. The quantitative estimate of drug-likeness (QED) is 0.565. The first-order chi connectivity index (χ1) is 8.81. The molecule has 0 heterocycles. The summed E-state index contributed by atoms with van der Waals surface area (Å²) in [6.07, 6.45) is 3.76. The van der Waals surface area contributed by atoms with Crippen molar-refractivity contribution in [2.24, 2.45) is 0 Å². The average molecular weight is 236 g/mol. The molecule has 18 heavy (non-hydrogen) atoms. The first-order valence-corrected chi connectivity index (χ1v) is 6.11. The number of benzene rings is 2. The van der Waals surface area contributed by atoms with Crippen molar-refractivity contribution in [1.82, 2.24) is 0 Å². The third-order valence-electron chi connectivity index (χ3n) is 2.86. The molecule has 2 rings (SSSR count). The number of hydrogen-bond acceptors (Lipinski definition) is 1. The van der Waals surface area contributed by atoms with Crippen LogP contribution in [0, 0.1) is 0 Å². The van der Waals surface area contributed by atoms with Gasteiger partial charge in [0, 0.05) is 11.1 Å². The summed E-state index contributed by atoms with van der Waals surface area (Å²) >= 11 is 0. The molecule has 2 aromatic rings. The van der Waals surface area contributed by atoms with Crippen LogP contribution in [0.4, 0.5) is 0 Å². The van der Waals surface area contributed by atoms with Crippen molar-refractivity contribution in [1.29, 1.82) is 0 Å². The molecule has 1 heteroatoms. The van der Waals surface area contributed by atoms with Gasteiger partial charge in [0.25, 0.3) is 0 Å². The highest BCUT2D eigenvalue weighted by Crippen LogP contribution is 2.13. The van der Waals surface area contributed by atoms with Gasteiger partial charge in [-0.3, -0.25) is 4.79 Å². The van der Waals surface area contributed by atoms with Crippen LogP contribution in [-0.2, 0) is 6.42 Å².